The molecule has 0 aliphatic carbocycles. The van der Waals surface area contributed by atoms with Gasteiger partial charge in [-0.2, -0.15) is 10.2 Å². The van der Waals surface area contributed by atoms with Crippen LogP contribution in [0, 0.1) is 0 Å². The average Bonchev–Trinajstić information content (AvgIpc) is 3.06. The number of rotatable bonds is 5. The van der Waals surface area contributed by atoms with Crippen molar-refractivity contribution in [3.8, 4) is 0 Å². The minimum absolute atomic E-state index is 0.296. The average molecular weight is 390 g/mol. The summed E-state index contributed by atoms with van der Waals surface area (Å²) in [5.41, 5.74) is 1.72. The Hall–Kier alpha value is -2.37. The van der Waals surface area contributed by atoms with Crippen LogP contribution in [0.2, 0.25) is 10.0 Å². The van der Waals surface area contributed by atoms with Crippen molar-refractivity contribution in [2.75, 3.05) is 11.9 Å². The van der Waals surface area contributed by atoms with Crippen LogP contribution in [0.5, 0.6) is 0 Å². The second-order valence-electron chi connectivity index (χ2n) is 5.88. The monoisotopic (exact) mass is 389 g/mol. The van der Waals surface area contributed by atoms with E-state index in [0.717, 1.165) is 5.56 Å². The summed E-state index contributed by atoms with van der Waals surface area (Å²) in [7, 11) is 0. The predicted octanol–water partition coefficient (Wildman–Crippen LogP) is 6.11. The first kappa shape index (κ1) is 18.4. The van der Waals surface area contributed by atoms with Crippen LogP contribution in [0.15, 0.2) is 58.9 Å². The van der Waals surface area contributed by atoms with Gasteiger partial charge in [-0.3, -0.25) is 0 Å². The van der Waals surface area contributed by atoms with E-state index in [0.29, 0.717) is 33.6 Å². The molecule has 1 unspecified atom stereocenters. The molecule has 1 atom stereocenters. The highest BCUT2D eigenvalue weighted by atomic mass is 35.5. The minimum atomic E-state index is -0.589. The van der Waals surface area contributed by atoms with E-state index in [1.807, 2.05) is 19.1 Å². The van der Waals surface area contributed by atoms with E-state index < -0.39 is 11.5 Å². The fourth-order valence-electron chi connectivity index (χ4n) is 2.62. The molecule has 2 aromatic rings. The first-order valence-electron chi connectivity index (χ1n) is 8.07. The molecule has 0 bridgehead atoms. The summed E-state index contributed by atoms with van der Waals surface area (Å²) in [6.07, 6.45) is 3.52. The molecule has 0 saturated carbocycles. The van der Waals surface area contributed by atoms with Crippen molar-refractivity contribution >= 4 is 40.5 Å². The molecule has 5 nitrogen and oxygen atoms in total. The SMILES string of the molecule is CCOC(=O)c1ccccc1Nc1c(Cl)cc(C2(C)C=CN=N2)cc1Cl. The number of para-hydroxylation sites is 1. The van der Waals surface area contributed by atoms with Gasteiger partial charge in [0.05, 0.1) is 33.6 Å². The Balaban J connectivity index is 1.96. The van der Waals surface area contributed by atoms with E-state index >= 15 is 0 Å². The Morgan fingerprint density at radius 1 is 1.23 bits per heavy atom. The van der Waals surface area contributed by atoms with Crippen molar-refractivity contribution in [3.63, 3.8) is 0 Å². The quantitative estimate of drug-likeness (QED) is 0.627. The van der Waals surface area contributed by atoms with Crippen LogP contribution in [-0.2, 0) is 10.3 Å². The molecule has 0 fully saturated rings. The van der Waals surface area contributed by atoms with Gasteiger partial charge in [-0.15, -0.1) is 0 Å². The van der Waals surface area contributed by atoms with Gasteiger partial charge in [-0.05, 0) is 49.8 Å². The van der Waals surface area contributed by atoms with Crippen LogP contribution in [0.4, 0.5) is 11.4 Å². The predicted molar refractivity (Wildman–Crippen MR) is 103 cm³/mol. The molecule has 0 aromatic heterocycles. The van der Waals surface area contributed by atoms with Crippen LogP contribution in [0.3, 0.4) is 0 Å². The Morgan fingerprint density at radius 2 is 1.92 bits per heavy atom. The molecule has 2 aromatic carbocycles. The standard InChI is InChI=1S/C19H17Cl2N3O2/c1-3-26-18(25)13-6-4-5-7-16(13)23-17-14(20)10-12(11-15(17)21)19(2)8-9-22-24-19/h4-11,23H,3H2,1-2H3. The fourth-order valence-corrected chi connectivity index (χ4v) is 3.20. The summed E-state index contributed by atoms with van der Waals surface area (Å²) in [5, 5.41) is 12.1. The van der Waals surface area contributed by atoms with Crippen molar-refractivity contribution in [2.45, 2.75) is 19.4 Å². The van der Waals surface area contributed by atoms with Crippen LogP contribution in [0.1, 0.15) is 29.8 Å². The Kier molecular flexibility index (Phi) is 5.30. The zero-order valence-corrected chi connectivity index (χ0v) is 15.8. The van der Waals surface area contributed by atoms with Crippen molar-refractivity contribution in [3.05, 3.63) is 69.8 Å². The third kappa shape index (κ3) is 3.59. The zero-order chi connectivity index (χ0) is 18.7. The van der Waals surface area contributed by atoms with Gasteiger partial charge in [0.2, 0.25) is 0 Å². The number of hydrogen-bond donors (Lipinski definition) is 1. The van der Waals surface area contributed by atoms with Gasteiger partial charge in [0.1, 0.15) is 5.54 Å². The summed E-state index contributed by atoms with van der Waals surface area (Å²) in [6, 6.07) is 10.6. The summed E-state index contributed by atoms with van der Waals surface area (Å²) in [4.78, 5) is 12.1. The van der Waals surface area contributed by atoms with Crippen molar-refractivity contribution in [1.29, 1.82) is 0 Å². The first-order valence-corrected chi connectivity index (χ1v) is 8.82. The number of anilines is 2. The van der Waals surface area contributed by atoms with Crippen molar-refractivity contribution in [1.82, 2.24) is 0 Å². The molecule has 1 aliphatic rings. The van der Waals surface area contributed by atoms with E-state index in [4.69, 9.17) is 27.9 Å². The number of nitrogens with zero attached hydrogens (tertiary/aromatic N) is 2. The van der Waals surface area contributed by atoms with Gasteiger partial charge in [-0.1, -0.05) is 35.3 Å². The number of carbonyl (C=O) groups is 1. The molecule has 0 spiro atoms. The number of nitrogens with one attached hydrogen (secondary N) is 1. The lowest BCUT2D eigenvalue weighted by Crippen LogP contribution is -2.13. The number of esters is 1. The second kappa shape index (κ2) is 7.48. The van der Waals surface area contributed by atoms with E-state index in [2.05, 4.69) is 15.5 Å². The molecule has 3 rings (SSSR count). The third-order valence-corrected chi connectivity index (χ3v) is 4.64. The maximum Gasteiger partial charge on any atom is 0.340 e. The van der Waals surface area contributed by atoms with Gasteiger partial charge >= 0.3 is 5.97 Å². The molecular weight excluding hydrogens is 373 g/mol. The highest BCUT2D eigenvalue weighted by Gasteiger charge is 2.27. The lowest BCUT2D eigenvalue weighted by atomic mass is 9.93. The molecular formula is C19H17Cl2N3O2. The summed E-state index contributed by atoms with van der Waals surface area (Å²) >= 11 is 12.9. The van der Waals surface area contributed by atoms with Crippen LogP contribution < -0.4 is 5.32 Å². The summed E-state index contributed by atoms with van der Waals surface area (Å²) in [6.45, 7) is 3.98. The molecule has 1 N–H and O–H groups in total. The van der Waals surface area contributed by atoms with Crippen LogP contribution in [-0.4, -0.2) is 12.6 Å². The topological polar surface area (TPSA) is 63.0 Å². The largest absolute Gasteiger partial charge is 0.462 e. The molecule has 7 heteroatoms. The van der Waals surface area contributed by atoms with Gasteiger partial charge in [0.15, 0.2) is 0 Å². The molecule has 26 heavy (non-hydrogen) atoms. The first-order chi connectivity index (χ1) is 12.4. The van der Waals surface area contributed by atoms with Gasteiger partial charge in [0.25, 0.3) is 0 Å². The second-order valence-corrected chi connectivity index (χ2v) is 6.70. The van der Waals surface area contributed by atoms with Crippen LogP contribution >= 0.6 is 23.2 Å². The lowest BCUT2D eigenvalue weighted by Gasteiger charge is -2.20. The molecule has 0 radical (unpaired) electrons. The highest BCUT2D eigenvalue weighted by Crippen LogP contribution is 2.40. The Bertz CT molecular complexity index is 874. The molecule has 0 saturated heterocycles. The lowest BCUT2D eigenvalue weighted by molar-refractivity contribution is 0.0527. The van der Waals surface area contributed by atoms with Crippen molar-refractivity contribution in [2.24, 2.45) is 10.2 Å². The van der Waals surface area contributed by atoms with E-state index in [-0.39, 0.29) is 0 Å². The molecule has 1 aliphatic heterocycles. The number of benzene rings is 2. The molecule has 134 valence electrons. The van der Waals surface area contributed by atoms with Crippen molar-refractivity contribution < 1.29 is 9.53 Å². The third-order valence-electron chi connectivity index (χ3n) is 4.04. The number of carbonyl (C=O) groups excluding carboxylic acids is 1. The Morgan fingerprint density at radius 3 is 2.54 bits per heavy atom. The minimum Gasteiger partial charge on any atom is -0.462 e. The smallest absolute Gasteiger partial charge is 0.340 e. The number of halogens is 2. The maximum atomic E-state index is 12.1. The summed E-state index contributed by atoms with van der Waals surface area (Å²) < 4.78 is 5.09. The zero-order valence-electron chi connectivity index (χ0n) is 14.3. The molecule has 1 heterocycles. The molecule has 0 amide bonds. The fraction of sp³-hybridized carbons (Fsp3) is 0.211. The van der Waals surface area contributed by atoms with E-state index in [9.17, 15) is 4.79 Å². The number of hydrogen-bond acceptors (Lipinski definition) is 5. The van der Waals surface area contributed by atoms with E-state index in [1.165, 1.54) is 0 Å². The van der Waals surface area contributed by atoms with E-state index in [1.54, 1.807) is 43.5 Å². The maximum absolute atomic E-state index is 12.1. The van der Waals surface area contributed by atoms with Gasteiger partial charge < -0.3 is 10.1 Å². The number of ether oxygens (including phenoxy) is 1. The summed E-state index contributed by atoms with van der Waals surface area (Å²) in [5.74, 6) is -0.413. The van der Waals surface area contributed by atoms with Crippen LogP contribution in [0.25, 0.3) is 0 Å². The highest BCUT2D eigenvalue weighted by molar-refractivity contribution is 6.39. The Labute approximate surface area is 161 Å². The number of azo groups is 1. The van der Waals surface area contributed by atoms with Gasteiger partial charge in [0, 0.05) is 6.20 Å². The van der Waals surface area contributed by atoms with Gasteiger partial charge in [-0.25, -0.2) is 4.79 Å². The normalized spacial score (nSPS) is 18.2.